The van der Waals surface area contributed by atoms with Gasteiger partial charge in [-0.1, -0.05) is 23.7 Å². The molecule has 0 radical (unpaired) electrons. The third-order valence-corrected chi connectivity index (χ3v) is 4.23. The van der Waals surface area contributed by atoms with Gasteiger partial charge in [-0.25, -0.2) is 13.2 Å². The van der Waals surface area contributed by atoms with Gasteiger partial charge in [0.15, 0.2) is 22.2 Å². The third-order valence-electron chi connectivity index (χ3n) is 3.12. The van der Waals surface area contributed by atoms with Gasteiger partial charge in [0.25, 0.3) is 0 Å². The Bertz CT molecular complexity index is 840. The van der Waals surface area contributed by atoms with Crippen molar-refractivity contribution in [3.05, 3.63) is 70.2 Å². The molecule has 0 aliphatic rings. The van der Waals surface area contributed by atoms with Crippen molar-refractivity contribution in [2.75, 3.05) is 12.9 Å². The summed E-state index contributed by atoms with van der Waals surface area (Å²) in [5, 5.41) is 0.512. The molecule has 24 heavy (non-hydrogen) atoms. The van der Waals surface area contributed by atoms with Crippen LogP contribution >= 0.6 is 11.6 Å². The van der Waals surface area contributed by atoms with Crippen LogP contribution in [0.1, 0.15) is 26.3 Å². The van der Waals surface area contributed by atoms with Crippen molar-refractivity contribution in [2.24, 2.45) is 0 Å². The van der Waals surface area contributed by atoms with E-state index >= 15 is 0 Å². The van der Waals surface area contributed by atoms with Gasteiger partial charge < -0.3 is 4.74 Å². The molecule has 0 aromatic heterocycles. The lowest BCUT2D eigenvalue weighted by Crippen LogP contribution is -2.14. The molecule has 126 valence electrons. The van der Waals surface area contributed by atoms with Gasteiger partial charge in [-0.15, -0.1) is 0 Å². The summed E-state index contributed by atoms with van der Waals surface area (Å²) in [6.45, 7) is -0.383. The number of halogens is 1. The van der Waals surface area contributed by atoms with E-state index in [0.29, 0.717) is 16.1 Å². The molecule has 2 aromatic carbocycles. The summed E-state index contributed by atoms with van der Waals surface area (Å²) in [6.07, 6.45) is 1.14. The Balaban J connectivity index is 1.95. The fourth-order valence-electron chi connectivity index (χ4n) is 1.97. The highest BCUT2D eigenvalue weighted by atomic mass is 35.5. The molecule has 0 N–H and O–H groups in total. The van der Waals surface area contributed by atoms with Crippen molar-refractivity contribution < 1.29 is 22.7 Å². The Kier molecular flexibility index (Phi) is 5.75. The van der Waals surface area contributed by atoms with Crippen LogP contribution in [0.15, 0.2) is 48.5 Å². The summed E-state index contributed by atoms with van der Waals surface area (Å²) in [5.74, 6) is -1.09. The molecular formula is C17H15ClO5S. The van der Waals surface area contributed by atoms with Gasteiger partial charge >= 0.3 is 5.97 Å². The van der Waals surface area contributed by atoms with Crippen molar-refractivity contribution in [1.82, 2.24) is 0 Å². The van der Waals surface area contributed by atoms with Gasteiger partial charge in [0.05, 0.1) is 11.3 Å². The maximum Gasteiger partial charge on any atom is 0.338 e. The normalized spacial score (nSPS) is 11.1. The molecule has 0 atom stereocenters. The molecule has 2 aromatic rings. The van der Waals surface area contributed by atoms with Crippen LogP contribution < -0.4 is 0 Å². The number of sulfone groups is 1. The van der Waals surface area contributed by atoms with E-state index in [2.05, 4.69) is 0 Å². The van der Waals surface area contributed by atoms with Gasteiger partial charge in [0, 0.05) is 16.8 Å². The lowest BCUT2D eigenvalue weighted by Gasteiger charge is -2.06. The van der Waals surface area contributed by atoms with Crippen LogP contribution in [0.2, 0.25) is 5.02 Å². The number of Topliss-reactive ketones (excluding diaryl/α,β-unsaturated/α-hetero) is 1. The number of esters is 1. The summed E-state index contributed by atoms with van der Waals surface area (Å²) < 4.78 is 27.4. The predicted octanol–water partition coefficient (Wildman–Crippen LogP) is 2.92. The van der Waals surface area contributed by atoms with E-state index < -0.39 is 15.8 Å². The van der Waals surface area contributed by atoms with E-state index in [1.807, 2.05) is 0 Å². The molecule has 2 rings (SSSR count). The number of hydrogen-bond acceptors (Lipinski definition) is 5. The van der Waals surface area contributed by atoms with Crippen LogP contribution in [0.5, 0.6) is 0 Å². The largest absolute Gasteiger partial charge is 0.454 e. The average molecular weight is 367 g/mol. The van der Waals surface area contributed by atoms with Crippen LogP contribution in [0.4, 0.5) is 0 Å². The minimum absolute atomic E-state index is 0.0998. The summed E-state index contributed by atoms with van der Waals surface area (Å²) in [4.78, 5) is 23.8. The lowest BCUT2D eigenvalue weighted by atomic mass is 10.1. The number of hydrogen-bond donors (Lipinski definition) is 0. The SMILES string of the molecule is CS(=O)(=O)Cc1ccc(C(=O)OCC(=O)c2ccc(Cl)cc2)cc1. The Morgan fingerprint density at radius 3 is 2.04 bits per heavy atom. The standard InChI is InChI=1S/C17H15ClO5S/c1-24(21,22)11-12-2-4-14(5-3-12)17(20)23-10-16(19)13-6-8-15(18)9-7-13/h2-9H,10-11H2,1H3. The van der Waals surface area contributed by atoms with Crippen LogP contribution in [0, 0.1) is 0 Å². The fourth-order valence-corrected chi connectivity index (χ4v) is 2.90. The number of carbonyl (C=O) groups is 2. The second-order valence-corrected chi connectivity index (χ2v) is 7.85. The first-order valence-corrected chi connectivity index (χ1v) is 9.41. The fraction of sp³-hybridized carbons (Fsp3) is 0.176. The summed E-state index contributed by atoms with van der Waals surface area (Å²) >= 11 is 5.74. The number of carbonyl (C=O) groups excluding carboxylic acids is 2. The van der Waals surface area contributed by atoms with Gasteiger partial charge in [-0.3, -0.25) is 4.79 Å². The van der Waals surface area contributed by atoms with Crippen LogP contribution in [0.3, 0.4) is 0 Å². The molecule has 0 aliphatic heterocycles. The monoisotopic (exact) mass is 366 g/mol. The van der Waals surface area contributed by atoms with Crippen molar-refractivity contribution in [3.63, 3.8) is 0 Å². The van der Waals surface area contributed by atoms with E-state index in [-0.39, 0.29) is 23.7 Å². The molecule has 7 heteroatoms. The molecule has 0 spiro atoms. The second-order valence-electron chi connectivity index (χ2n) is 5.27. The molecule has 0 unspecified atom stereocenters. The number of ether oxygens (including phenoxy) is 1. The number of ketones is 1. The molecule has 5 nitrogen and oxygen atoms in total. The zero-order chi connectivity index (χ0) is 17.7. The highest BCUT2D eigenvalue weighted by molar-refractivity contribution is 7.89. The molecular weight excluding hydrogens is 352 g/mol. The maximum atomic E-state index is 11.9. The second kappa shape index (κ2) is 7.59. The van der Waals surface area contributed by atoms with Crippen LogP contribution in [-0.4, -0.2) is 33.0 Å². The topological polar surface area (TPSA) is 77.5 Å². The number of rotatable bonds is 6. The Morgan fingerprint density at radius 2 is 1.50 bits per heavy atom. The van der Waals surface area contributed by atoms with Gasteiger partial charge in [-0.05, 0) is 42.0 Å². The Morgan fingerprint density at radius 1 is 0.958 bits per heavy atom. The molecule has 0 heterocycles. The highest BCUT2D eigenvalue weighted by Crippen LogP contribution is 2.12. The molecule has 0 saturated carbocycles. The third kappa shape index (κ3) is 5.47. The first-order valence-electron chi connectivity index (χ1n) is 6.97. The zero-order valence-corrected chi connectivity index (χ0v) is 14.4. The van der Waals surface area contributed by atoms with E-state index in [9.17, 15) is 18.0 Å². The Hall–Kier alpha value is -2.18. The number of benzene rings is 2. The van der Waals surface area contributed by atoms with Crippen molar-refractivity contribution in [1.29, 1.82) is 0 Å². The smallest absolute Gasteiger partial charge is 0.338 e. The predicted molar refractivity (Wildman–Crippen MR) is 91.1 cm³/mol. The quantitative estimate of drug-likeness (QED) is 0.580. The van der Waals surface area contributed by atoms with Crippen molar-refractivity contribution in [3.8, 4) is 0 Å². The summed E-state index contributed by atoms with van der Waals surface area (Å²) in [7, 11) is -3.14. The molecule has 0 bridgehead atoms. The molecule has 0 saturated heterocycles. The van der Waals surface area contributed by atoms with E-state index in [1.54, 1.807) is 36.4 Å². The van der Waals surface area contributed by atoms with Gasteiger partial charge in [0.1, 0.15) is 0 Å². The van der Waals surface area contributed by atoms with Gasteiger partial charge in [0.2, 0.25) is 0 Å². The summed E-state index contributed by atoms with van der Waals surface area (Å²) in [5.41, 5.74) is 1.22. The maximum absolute atomic E-state index is 11.9. The molecule has 0 fully saturated rings. The van der Waals surface area contributed by atoms with Crippen LogP contribution in [-0.2, 0) is 20.3 Å². The van der Waals surface area contributed by atoms with Crippen molar-refractivity contribution in [2.45, 2.75) is 5.75 Å². The van der Waals surface area contributed by atoms with E-state index in [0.717, 1.165) is 6.26 Å². The first-order chi connectivity index (χ1) is 11.2. The average Bonchev–Trinajstić information content (AvgIpc) is 2.52. The lowest BCUT2D eigenvalue weighted by molar-refractivity contribution is 0.0475. The highest BCUT2D eigenvalue weighted by Gasteiger charge is 2.12. The van der Waals surface area contributed by atoms with Gasteiger partial charge in [-0.2, -0.15) is 0 Å². The minimum Gasteiger partial charge on any atom is -0.454 e. The minimum atomic E-state index is -3.14. The van der Waals surface area contributed by atoms with Crippen molar-refractivity contribution >= 4 is 33.2 Å². The molecule has 0 aliphatic carbocycles. The first kappa shape index (κ1) is 18.2. The molecule has 0 amide bonds. The van der Waals surface area contributed by atoms with E-state index in [1.165, 1.54) is 12.1 Å². The van der Waals surface area contributed by atoms with E-state index in [4.69, 9.17) is 16.3 Å². The Labute approximate surface area is 145 Å². The van der Waals surface area contributed by atoms with Crippen LogP contribution in [0.25, 0.3) is 0 Å². The zero-order valence-electron chi connectivity index (χ0n) is 12.9. The summed E-state index contributed by atoms with van der Waals surface area (Å²) in [6, 6.07) is 12.3.